The molecule has 0 aliphatic carbocycles. The van der Waals surface area contributed by atoms with Crippen molar-refractivity contribution in [3.05, 3.63) is 35.2 Å². The number of amides is 1. The van der Waals surface area contributed by atoms with Crippen molar-refractivity contribution >= 4 is 29.9 Å². The van der Waals surface area contributed by atoms with Gasteiger partial charge in [-0.25, -0.2) is 0 Å². The third-order valence-electron chi connectivity index (χ3n) is 3.64. The molecule has 2 heterocycles. The molecule has 3 rings (SSSR count). The molecule has 7 nitrogen and oxygen atoms in total. The number of carbonyl (C=O) groups is 1. The lowest BCUT2D eigenvalue weighted by molar-refractivity contribution is -0.122. The molecular formula is C16H20Cl2N4O3. The third-order valence-corrected chi connectivity index (χ3v) is 3.88. The summed E-state index contributed by atoms with van der Waals surface area (Å²) in [5.74, 6) is 0.944. The van der Waals surface area contributed by atoms with Gasteiger partial charge in [-0.05, 0) is 12.1 Å². The molecule has 1 aliphatic rings. The Morgan fingerprint density at radius 1 is 1.44 bits per heavy atom. The van der Waals surface area contributed by atoms with E-state index in [0.29, 0.717) is 49.3 Å². The molecule has 0 saturated carbocycles. The van der Waals surface area contributed by atoms with E-state index in [1.807, 2.05) is 12.1 Å². The average Bonchev–Trinajstić information content (AvgIpc) is 3.05. The average molecular weight is 387 g/mol. The fourth-order valence-corrected chi connectivity index (χ4v) is 2.65. The molecule has 1 atom stereocenters. The summed E-state index contributed by atoms with van der Waals surface area (Å²) >= 11 is 5.95. The fraction of sp³-hybridized carbons (Fsp3) is 0.438. The van der Waals surface area contributed by atoms with Crippen molar-refractivity contribution in [3.63, 3.8) is 0 Å². The highest BCUT2D eigenvalue weighted by Gasteiger charge is 2.16. The van der Waals surface area contributed by atoms with Crippen LogP contribution in [-0.4, -0.2) is 48.4 Å². The molecule has 1 aromatic heterocycles. The highest BCUT2D eigenvalue weighted by atomic mass is 35.5. The van der Waals surface area contributed by atoms with Crippen LogP contribution < -0.4 is 10.6 Å². The Morgan fingerprint density at radius 2 is 2.32 bits per heavy atom. The van der Waals surface area contributed by atoms with Crippen LogP contribution >= 0.6 is 24.0 Å². The van der Waals surface area contributed by atoms with Gasteiger partial charge in [0.15, 0.2) is 0 Å². The maximum Gasteiger partial charge on any atom is 0.228 e. The van der Waals surface area contributed by atoms with Gasteiger partial charge in [0.1, 0.15) is 0 Å². The Kier molecular flexibility index (Phi) is 7.64. The standard InChI is InChI=1S/C16H19ClN4O3.ClH/c17-12-3-1-2-11(8-12)16-20-15(24-21-16)4-5-19-14(22)9-13-10-23-7-6-18-13;/h1-3,8,13,18H,4-7,9-10H2,(H,19,22);1H. The number of hydrogen-bond donors (Lipinski definition) is 2. The smallest absolute Gasteiger partial charge is 0.228 e. The second-order valence-electron chi connectivity index (χ2n) is 5.55. The van der Waals surface area contributed by atoms with Crippen LogP contribution in [0.4, 0.5) is 0 Å². The Balaban J connectivity index is 0.00000225. The summed E-state index contributed by atoms with van der Waals surface area (Å²) in [6.07, 6.45) is 0.880. The molecule has 0 bridgehead atoms. The molecule has 1 aliphatic heterocycles. The number of rotatable bonds is 6. The van der Waals surface area contributed by atoms with Crippen LogP contribution in [0.2, 0.25) is 5.02 Å². The lowest BCUT2D eigenvalue weighted by atomic mass is 10.2. The molecule has 1 aromatic carbocycles. The van der Waals surface area contributed by atoms with E-state index in [0.717, 1.165) is 12.1 Å². The van der Waals surface area contributed by atoms with Gasteiger partial charge in [-0.2, -0.15) is 4.98 Å². The Labute approximate surface area is 156 Å². The number of nitrogens with zero attached hydrogens (tertiary/aromatic N) is 2. The zero-order valence-electron chi connectivity index (χ0n) is 13.5. The molecule has 1 saturated heterocycles. The minimum absolute atomic E-state index is 0. The quantitative estimate of drug-likeness (QED) is 0.787. The van der Waals surface area contributed by atoms with Gasteiger partial charge < -0.3 is 19.9 Å². The fourth-order valence-electron chi connectivity index (χ4n) is 2.46. The monoisotopic (exact) mass is 386 g/mol. The van der Waals surface area contributed by atoms with Crippen molar-refractivity contribution in [2.45, 2.75) is 18.9 Å². The van der Waals surface area contributed by atoms with E-state index in [9.17, 15) is 4.79 Å². The summed E-state index contributed by atoms with van der Waals surface area (Å²) in [7, 11) is 0. The van der Waals surface area contributed by atoms with Crippen LogP contribution in [0.5, 0.6) is 0 Å². The minimum Gasteiger partial charge on any atom is -0.378 e. The number of nitrogens with one attached hydrogen (secondary N) is 2. The second-order valence-corrected chi connectivity index (χ2v) is 5.99. The van der Waals surface area contributed by atoms with Gasteiger partial charge in [-0.3, -0.25) is 4.79 Å². The number of carbonyl (C=O) groups excluding carboxylic acids is 1. The van der Waals surface area contributed by atoms with Gasteiger partial charge in [0, 0.05) is 42.6 Å². The first-order valence-electron chi connectivity index (χ1n) is 7.87. The molecule has 1 unspecified atom stereocenters. The minimum atomic E-state index is -0.0208. The summed E-state index contributed by atoms with van der Waals surface area (Å²) in [6, 6.07) is 7.33. The van der Waals surface area contributed by atoms with Crippen LogP contribution in [0.1, 0.15) is 12.3 Å². The zero-order chi connectivity index (χ0) is 16.8. The van der Waals surface area contributed by atoms with E-state index in [2.05, 4.69) is 20.8 Å². The van der Waals surface area contributed by atoms with E-state index >= 15 is 0 Å². The molecular weight excluding hydrogens is 367 g/mol. The first kappa shape index (κ1) is 19.7. The van der Waals surface area contributed by atoms with Crippen molar-refractivity contribution in [1.29, 1.82) is 0 Å². The van der Waals surface area contributed by atoms with E-state index in [1.165, 1.54) is 0 Å². The molecule has 25 heavy (non-hydrogen) atoms. The highest BCUT2D eigenvalue weighted by Crippen LogP contribution is 2.19. The number of ether oxygens (including phenoxy) is 1. The van der Waals surface area contributed by atoms with Gasteiger partial charge in [0.25, 0.3) is 0 Å². The van der Waals surface area contributed by atoms with Gasteiger partial charge >= 0.3 is 0 Å². The molecule has 9 heteroatoms. The van der Waals surface area contributed by atoms with Crippen molar-refractivity contribution in [3.8, 4) is 11.4 Å². The Hall–Kier alpha value is -1.67. The van der Waals surface area contributed by atoms with Crippen LogP contribution in [-0.2, 0) is 16.0 Å². The molecule has 1 amide bonds. The van der Waals surface area contributed by atoms with Gasteiger partial charge in [-0.1, -0.05) is 28.9 Å². The topological polar surface area (TPSA) is 89.3 Å². The first-order chi connectivity index (χ1) is 11.7. The summed E-state index contributed by atoms with van der Waals surface area (Å²) in [4.78, 5) is 16.2. The van der Waals surface area contributed by atoms with E-state index in [-0.39, 0.29) is 24.4 Å². The second kappa shape index (κ2) is 9.72. The van der Waals surface area contributed by atoms with E-state index in [1.54, 1.807) is 12.1 Å². The SMILES string of the molecule is Cl.O=C(CC1COCCN1)NCCc1nc(-c2cccc(Cl)c2)no1. The van der Waals surface area contributed by atoms with Crippen molar-refractivity contribution < 1.29 is 14.1 Å². The van der Waals surface area contributed by atoms with Crippen LogP contribution in [0.25, 0.3) is 11.4 Å². The van der Waals surface area contributed by atoms with E-state index < -0.39 is 0 Å². The maximum absolute atomic E-state index is 11.9. The summed E-state index contributed by atoms with van der Waals surface area (Å²) in [6.45, 7) is 2.50. The molecule has 136 valence electrons. The summed E-state index contributed by atoms with van der Waals surface area (Å²) < 4.78 is 10.5. The lowest BCUT2D eigenvalue weighted by Crippen LogP contribution is -2.44. The predicted molar refractivity (Wildman–Crippen MR) is 95.9 cm³/mol. The van der Waals surface area contributed by atoms with Crippen LogP contribution in [0.3, 0.4) is 0 Å². The molecule has 2 N–H and O–H groups in total. The maximum atomic E-state index is 11.9. The number of hydrogen-bond acceptors (Lipinski definition) is 6. The highest BCUT2D eigenvalue weighted by molar-refractivity contribution is 6.30. The molecule has 1 fully saturated rings. The number of aromatic nitrogens is 2. The van der Waals surface area contributed by atoms with Crippen LogP contribution in [0, 0.1) is 0 Å². The molecule has 0 radical (unpaired) electrons. The summed E-state index contributed by atoms with van der Waals surface area (Å²) in [5.41, 5.74) is 0.796. The lowest BCUT2D eigenvalue weighted by Gasteiger charge is -2.23. The summed E-state index contributed by atoms with van der Waals surface area (Å²) in [5, 5.41) is 10.7. The third kappa shape index (κ3) is 5.97. The van der Waals surface area contributed by atoms with Gasteiger partial charge in [0.2, 0.25) is 17.6 Å². The van der Waals surface area contributed by atoms with Crippen molar-refractivity contribution in [1.82, 2.24) is 20.8 Å². The molecule has 2 aromatic rings. The number of morpholine rings is 1. The van der Waals surface area contributed by atoms with E-state index in [4.69, 9.17) is 20.9 Å². The number of halogens is 2. The van der Waals surface area contributed by atoms with Gasteiger partial charge in [0.05, 0.1) is 13.2 Å². The normalized spacial score (nSPS) is 16.9. The van der Waals surface area contributed by atoms with Gasteiger partial charge in [-0.15, -0.1) is 12.4 Å². The van der Waals surface area contributed by atoms with Crippen molar-refractivity contribution in [2.24, 2.45) is 0 Å². The Morgan fingerprint density at radius 3 is 3.08 bits per heavy atom. The molecule has 0 spiro atoms. The number of benzene rings is 1. The largest absolute Gasteiger partial charge is 0.378 e. The first-order valence-corrected chi connectivity index (χ1v) is 8.25. The van der Waals surface area contributed by atoms with Crippen LogP contribution in [0.15, 0.2) is 28.8 Å². The Bertz CT molecular complexity index is 690. The zero-order valence-corrected chi connectivity index (χ0v) is 15.1. The predicted octanol–water partition coefficient (Wildman–Crippen LogP) is 1.85. The van der Waals surface area contributed by atoms with Crippen molar-refractivity contribution in [2.75, 3.05) is 26.3 Å².